The van der Waals surface area contributed by atoms with Crippen LogP contribution in [-0.2, 0) is 4.74 Å². The number of rotatable bonds is 3. The van der Waals surface area contributed by atoms with Crippen LogP contribution in [0.3, 0.4) is 0 Å². The number of ether oxygens (including phenoxy) is 1. The van der Waals surface area contributed by atoms with Gasteiger partial charge in [-0.15, -0.1) is 0 Å². The summed E-state index contributed by atoms with van der Waals surface area (Å²) < 4.78 is 7.16. The lowest BCUT2D eigenvalue weighted by atomic mass is 10.2. The second kappa shape index (κ2) is 5.19. The molecule has 1 aliphatic heterocycles. The summed E-state index contributed by atoms with van der Waals surface area (Å²) in [6, 6.07) is 5.50. The third-order valence-electron chi connectivity index (χ3n) is 3.22. The van der Waals surface area contributed by atoms with Crippen molar-refractivity contribution in [2.45, 2.75) is 18.9 Å². The number of halogens is 1. The fourth-order valence-corrected chi connectivity index (χ4v) is 2.53. The van der Waals surface area contributed by atoms with Crippen molar-refractivity contribution in [2.75, 3.05) is 13.2 Å². The molecule has 2 aromatic heterocycles. The first kappa shape index (κ1) is 12.4. The first-order valence-corrected chi connectivity index (χ1v) is 6.66. The Bertz CT molecular complexity index is 605. The van der Waals surface area contributed by atoms with Crippen LogP contribution in [0.25, 0.3) is 5.65 Å². The van der Waals surface area contributed by atoms with E-state index in [1.165, 1.54) is 0 Å². The van der Waals surface area contributed by atoms with Gasteiger partial charge in [-0.05, 0) is 25.0 Å². The molecule has 0 radical (unpaired) electrons. The van der Waals surface area contributed by atoms with E-state index in [0.717, 1.165) is 19.4 Å². The normalized spacial score (nSPS) is 18.9. The molecule has 5 nitrogen and oxygen atoms in total. The highest BCUT2D eigenvalue weighted by Crippen LogP contribution is 2.17. The first-order chi connectivity index (χ1) is 9.25. The summed E-state index contributed by atoms with van der Waals surface area (Å²) in [6.45, 7) is 1.28. The van der Waals surface area contributed by atoms with Gasteiger partial charge in [-0.3, -0.25) is 9.20 Å². The van der Waals surface area contributed by atoms with E-state index in [9.17, 15) is 4.79 Å². The summed E-state index contributed by atoms with van der Waals surface area (Å²) in [5.41, 5.74) is 1.03. The predicted octanol–water partition coefficient (Wildman–Crippen LogP) is 1.90. The molecular weight excluding hydrogens is 266 g/mol. The third-order valence-corrected chi connectivity index (χ3v) is 3.48. The van der Waals surface area contributed by atoms with Gasteiger partial charge in [0.25, 0.3) is 5.91 Å². The van der Waals surface area contributed by atoms with Crippen LogP contribution in [0.5, 0.6) is 0 Å². The lowest BCUT2D eigenvalue weighted by Gasteiger charge is -2.10. The summed E-state index contributed by atoms with van der Waals surface area (Å²) >= 11 is 6.03. The molecule has 19 heavy (non-hydrogen) atoms. The Morgan fingerprint density at radius 3 is 3.26 bits per heavy atom. The minimum Gasteiger partial charge on any atom is -0.376 e. The number of imidazole rings is 1. The maximum Gasteiger partial charge on any atom is 0.271 e. The number of fused-ring (bicyclic) bond motifs is 1. The van der Waals surface area contributed by atoms with E-state index in [4.69, 9.17) is 16.3 Å². The van der Waals surface area contributed by atoms with E-state index in [1.54, 1.807) is 10.6 Å². The van der Waals surface area contributed by atoms with Gasteiger partial charge in [0.1, 0.15) is 5.65 Å². The number of carbonyl (C=O) groups is 1. The summed E-state index contributed by atoms with van der Waals surface area (Å²) in [5.74, 6) is -0.223. The fraction of sp³-hybridized carbons (Fsp3) is 0.385. The van der Waals surface area contributed by atoms with Crippen molar-refractivity contribution in [3.05, 3.63) is 35.2 Å². The summed E-state index contributed by atoms with van der Waals surface area (Å²) in [5, 5.41) is 3.07. The predicted molar refractivity (Wildman–Crippen MR) is 71.5 cm³/mol. The Kier molecular flexibility index (Phi) is 3.40. The lowest BCUT2D eigenvalue weighted by Crippen LogP contribution is -2.32. The Balaban J connectivity index is 1.79. The van der Waals surface area contributed by atoms with Gasteiger partial charge in [-0.1, -0.05) is 17.7 Å². The molecule has 100 valence electrons. The number of amides is 1. The van der Waals surface area contributed by atoms with Crippen molar-refractivity contribution in [2.24, 2.45) is 0 Å². The minimum absolute atomic E-state index is 0.113. The molecule has 1 N–H and O–H groups in total. The Hall–Kier alpha value is -1.59. The standard InChI is InChI=1S/C13H14ClN3O2/c14-12-11(17-6-2-1-5-10(17)16-12)13(18)15-8-9-4-3-7-19-9/h1-2,5-6,9H,3-4,7-8H2,(H,15,18)/t9-/m0/s1. The molecule has 0 unspecified atom stereocenters. The SMILES string of the molecule is O=C(NC[C@@H]1CCCO1)c1c(Cl)nc2ccccn12. The maximum atomic E-state index is 12.2. The van der Waals surface area contributed by atoms with Crippen LogP contribution in [-0.4, -0.2) is 34.5 Å². The van der Waals surface area contributed by atoms with Gasteiger partial charge in [-0.2, -0.15) is 0 Å². The van der Waals surface area contributed by atoms with Crippen molar-refractivity contribution >= 4 is 23.2 Å². The van der Waals surface area contributed by atoms with Crippen molar-refractivity contribution < 1.29 is 9.53 Å². The van der Waals surface area contributed by atoms with Gasteiger partial charge in [0.15, 0.2) is 10.8 Å². The van der Waals surface area contributed by atoms with E-state index in [0.29, 0.717) is 17.9 Å². The quantitative estimate of drug-likeness (QED) is 0.934. The monoisotopic (exact) mass is 279 g/mol. The van der Waals surface area contributed by atoms with Crippen molar-refractivity contribution in [1.29, 1.82) is 0 Å². The second-order valence-electron chi connectivity index (χ2n) is 4.53. The Labute approximate surface area is 115 Å². The van der Waals surface area contributed by atoms with Crippen molar-refractivity contribution in [3.8, 4) is 0 Å². The highest BCUT2D eigenvalue weighted by Gasteiger charge is 2.20. The topological polar surface area (TPSA) is 55.6 Å². The average molecular weight is 280 g/mol. The number of hydrogen-bond donors (Lipinski definition) is 1. The molecule has 1 saturated heterocycles. The third kappa shape index (κ3) is 2.43. The van der Waals surface area contributed by atoms with Crippen LogP contribution < -0.4 is 5.32 Å². The van der Waals surface area contributed by atoms with Gasteiger partial charge in [0.05, 0.1) is 6.10 Å². The molecule has 0 saturated carbocycles. The zero-order chi connectivity index (χ0) is 13.2. The second-order valence-corrected chi connectivity index (χ2v) is 4.88. The van der Waals surface area contributed by atoms with Gasteiger partial charge in [0, 0.05) is 19.3 Å². The highest BCUT2D eigenvalue weighted by molar-refractivity contribution is 6.32. The van der Waals surface area contributed by atoms with E-state index < -0.39 is 0 Å². The van der Waals surface area contributed by atoms with E-state index in [-0.39, 0.29) is 17.2 Å². The van der Waals surface area contributed by atoms with Crippen molar-refractivity contribution in [1.82, 2.24) is 14.7 Å². The summed E-state index contributed by atoms with van der Waals surface area (Å²) in [6.07, 6.45) is 3.93. The smallest absolute Gasteiger partial charge is 0.271 e. The van der Waals surface area contributed by atoms with E-state index in [2.05, 4.69) is 10.3 Å². The molecule has 0 aliphatic carbocycles. The number of nitrogens with zero attached hydrogens (tertiary/aromatic N) is 2. The largest absolute Gasteiger partial charge is 0.376 e. The molecule has 0 bridgehead atoms. The summed E-state index contributed by atoms with van der Waals surface area (Å²) in [7, 11) is 0. The first-order valence-electron chi connectivity index (χ1n) is 6.28. The molecule has 0 spiro atoms. The molecule has 3 heterocycles. The number of carbonyl (C=O) groups excluding carboxylic acids is 1. The van der Waals surface area contributed by atoms with Gasteiger partial charge in [0.2, 0.25) is 0 Å². The molecule has 1 amide bonds. The van der Waals surface area contributed by atoms with Crippen LogP contribution >= 0.6 is 11.6 Å². The van der Waals surface area contributed by atoms with Crippen molar-refractivity contribution in [3.63, 3.8) is 0 Å². The lowest BCUT2D eigenvalue weighted by molar-refractivity contribution is 0.0853. The molecule has 2 aromatic rings. The fourth-order valence-electron chi connectivity index (χ4n) is 2.27. The Morgan fingerprint density at radius 2 is 2.47 bits per heavy atom. The van der Waals surface area contributed by atoms with Crippen LogP contribution in [0, 0.1) is 0 Å². The molecule has 1 aliphatic rings. The molecule has 0 aromatic carbocycles. The number of nitrogens with one attached hydrogen (secondary N) is 1. The molecule has 6 heteroatoms. The van der Waals surface area contributed by atoms with Crippen LogP contribution in [0.1, 0.15) is 23.3 Å². The number of pyridine rings is 1. The minimum atomic E-state index is -0.223. The zero-order valence-electron chi connectivity index (χ0n) is 10.3. The molecule has 1 fully saturated rings. The number of hydrogen-bond acceptors (Lipinski definition) is 3. The van der Waals surface area contributed by atoms with Gasteiger partial charge >= 0.3 is 0 Å². The highest BCUT2D eigenvalue weighted by atomic mass is 35.5. The van der Waals surface area contributed by atoms with Gasteiger partial charge in [-0.25, -0.2) is 4.98 Å². The zero-order valence-corrected chi connectivity index (χ0v) is 11.1. The van der Waals surface area contributed by atoms with Gasteiger partial charge < -0.3 is 10.1 Å². The van der Waals surface area contributed by atoms with Crippen LogP contribution in [0.2, 0.25) is 5.15 Å². The Morgan fingerprint density at radius 1 is 1.58 bits per heavy atom. The molecular formula is C13H14ClN3O2. The summed E-state index contributed by atoms with van der Waals surface area (Å²) in [4.78, 5) is 16.3. The average Bonchev–Trinajstić information content (AvgIpc) is 3.02. The van der Waals surface area contributed by atoms with Crippen LogP contribution in [0.15, 0.2) is 24.4 Å². The van der Waals surface area contributed by atoms with E-state index >= 15 is 0 Å². The molecule has 3 rings (SSSR count). The maximum absolute atomic E-state index is 12.2. The number of aromatic nitrogens is 2. The van der Waals surface area contributed by atoms with E-state index in [1.807, 2.05) is 18.2 Å². The van der Waals surface area contributed by atoms with Crippen LogP contribution in [0.4, 0.5) is 0 Å². The molecule has 1 atom stereocenters.